The van der Waals surface area contributed by atoms with Crippen molar-refractivity contribution < 1.29 is 8.42 Å². The van der Waals surface area contributed by atoms with E-state index in [1.165, 1.54) is 6.07 Å². The van der Waals surface area contributed by atoms with Gasteiger partial charge in [0.15, 0.2) is 0 Å². The largest absolute Gasteiger partial charge is 0.398 e. The highest BCUT2D eigenvalue weighted by Gasteiger charge is 2.24. The normalized spacial score (nSPS) is 20.4. The van der Waals surface area contributed by atoms with Crippen molar-refractivity contribution in [1.29, 1.82) is 0 Å². The van der Waals surface area contributed by atoms with Gasteiger partial charge in [-0.2, -0.15) is 0 Å². The SMILES string of the molecule is CCN1CCC(CNS(=O)(=O)c2cc(Br)ccc2N)C1. The van der Waals surface area contributed by atoms with Gasteiger partial charge in [0.1, 0.15) is 4.90 Å². The second kappa shape index (κ2) is 6.43. The molecule has 1 aliphatic heterocycles. The number of nitrogens with one attached hydrogen (secondary N) is 1. The molecule has 1 heterocycles. The van der Waals surface area contributed by atoms with E-state index < -0.39 is 10.0 Å². The molecule has 1 fully saturated rings. The molecule has 0 saturated carbocycles. The molecule has 2 rings (SSSR count). The minimum absolute atomic E-state index is 0.136. The summed E-state index contributed by atoms with van der Waals surface area (Å²) in [6.45, 7) is 5.59. The van der Waals surface area contributed by atoms with Crippen molar-refractivity contribution in [3.05, 3.63) is 22.7 Å². The molecule has 1 atom stereocenters. The monoisotopic (exact) mass is 361 g/mol. The number of hydrogen-bond acceptors (Lipinski definition) is 4. The Morgan fingerprint density at radius 1 is 1.50 bits per heavy atom. The van der Waals surface area contributed by atoms with Crippen LogP contribution >= 0.6 is 15.9 Å². The summed E-state index contributed by atoms with van der Waals surface area (Å²) in [5, 5.41) is 0. The number of hydrogen-bond donors (Lipinski definition) is 2. The van der Waals surface area contributed by atoms with Crippen molar-refractivity contribution in [1.82, 2.24) is 9.62 Å². The summed E-state index contributed by atoms with van der Waals surface area (Å²) in [5.41, 5.74) is 6.02. The first kappa shape index (κ1) is 15.8. The van der Waals surface area contributed by atoms with E-state index in [-0.39, 0.29) is 10.6 Å². The zero-order valence-electron chi connectivity index (χ0n) is 11.5. The standard InChI is InChI=1S/C13H20BrN3O2S/c1-2-17-6-5-10(9-17)8-16-20(18,19)13-7-11(14)3-4-12(13)15/h3-4,7,10,16H,2,5-6,8-9,15H2,1H3. The molecule has 0 bridgehead atoms. The Labute approximate surface area is 128 Å². The first-order valence-electron chi connectivity index (χ1n) is 6.69. The van der Waals surface area contributed by atoms with E-state index >= 15 is 0 Å². The van der Waals surface area contributed by atoms with Crippen LogP contribution in [0.25, 0.3) is 0 Å². The van der Waals surface area contributed by atoms with Crippen LogP contribution in [0.5, 0.6) is 0 Å². The third-order valence-corrected chi connectivity index (χ3v) is 5.62. The first-order chi connectivity index (χ1) is 9.42. The van der Waals surface area contributed by atoms with Gasteiger partial charge in [-0.05, 0) is 43.6 Å². The molecule has 0 radical (unpaired) electrons. The summed E-state index contributed by atoms with van der Waals surface area (Å²) in [5.74, 6) is 0.373. The molecule has 5 nitrogen and oxygen atoms in total. The lowest BCUT2D eigenvalue weighted by molar-refractivity contribution is 0.342. The fourth-order valence-corrected chi connectivity index (χ4v) is 4.20. The van der Waals surface area contributed by atoms with E-state index in [0.717, 1.165) is 26.1 Å². The predicted octanol–water partition coefficient (Wildman–Crippen LogP) is 1.65. The molecular weight excluding hydrogens is 342 g/mol. The Morgan fingerprint density at radius 2 is 2.25 bits per heavy atom. The average molecular weight is 362 g/mol. The molecule has 112 valence electrons. The molecule has 1 aliphatic rings. The van der Waals surface area contributed by atoms with Crippen molar-refractivity contribution in [2.75, 3.05) is 31.9 Å². The number of halogens is 1. The van der Waals surface area contributed by atoms with Crippen LogP contribution in [0.4, 0.5) is 5.69 Å². The Bertz CT molecular complexity index is 577. The molecule has 20 heavy (non-hydrogen) atoms. The molecule has 3 N–H and O–H groups in total. The smallest absolute Gasteiger partial charge is 0.242 e. The van der Waals surface area contributed by atoms with Crippen LogP contribution < -0.4 is 10.5 Å². The summed E-state index contributed by atoms with van der Waals surface area (Å²) in [6.07, 6.45) is 1.03. The Balaban J connectivity index is 2.03. The fourth-order valence-electron chi connectivity index (χ4n) is 2.41. The van der Waals surface area contributed by atoms with E-state index in [0.29, 0.717) is 16.9 Å². The summed E-state index contributed by atoms with van der Waals surface area (Å²) in [4.78, 5) is 2.46. The molecule has 1 unspecified atom stereocenters. The van der Waals surface area contributed by atoms with Crippen LogP contribution in [0, 0.1) is 5.92 Å². The second-order valence-electron chi connectivity index (χ2n) is 5.08. The molecule has 1 aromatic carbocycles. The topological polar surface area (TPSA) is 75.4 Å². The van der Waals surface area contributed by atoms with Crippen molar-refractivity contribution in [3.63, 3.8) is 0 Å². The van der Waals surface area contributed by atoms with Crippen LogP contribution in [0.2, 0.25) is 0 Å². The van der Waals surface area contributed by atoms with Gasteiger partial charge in [0.25, 0.3) is 0 Å². The van der Waals surface area contributed by atoms with E-state index in [9.17, 15) is 8.42 Å². The van der Waals surface area contributed by atoms with Gasteiger partial charge in [-0.25, -0.2) is 13.1 Å². The molecule has 0 amide bonds. The number of anilines is 1. The Kier molecular flexibility index (Phi) is 5.06. The molecule has 1 aromatic rings. The lowest BCUT2D eigenvalue weighted by Gasteiger charge is -2.14. The third kappa shape index (κ3) is 3.72. The van der Waals surface area contributed by atoms with Gasteiger partial charge in [-0.1, -0.05) is 22.9 Å². The highest BCUT2D eigenvalue weighted by atomic mass is 79.9. The number of nitrogens with zero attached hydrogens (tertiary/aromatic N) is 1. The summed E-state index contributed by atoms with van der Waals surface area (Å²) < 4.78 is 27.9. The quantitative estimate of drug-likeness (QED) is 0.781. The van der Waals surface area contributed by atoms with E-state index in [2.05, 4.69) is 32.5 Å². The number of nitrogen functional groups attached to an aromatic ring is 1. The Hall–Kier alpha value is -0.630. The number of benzene rings is 1. The van der Waals surface area contributed by atoms with Gasteiger partial charge in [0.05, 0.1) is 5.69 Å². The van der Waals surface area contributed by atoms with Gasteiger partial charge < -0.3 is 10.6 Å². The van der Waals surface area contributed by atoms with Crippen LogP contribution in [0.1, 0.15) is 13.3 Å². The second-order valence-corrected chi connectivity index (χ2v) is 7.73. The minimum Gasteiger partial charge on any atom is -0.398 e. The van der Waals surface area contributed by atoms with Gasteiger partial charge in [0, 0.05) is 17.6 Å². The highest BCUT2D eigenvalue weighted by Crippen LogP contribution is 2.23. The van der Waals surface area contributed by atoms with Gasteiger partial charge in [-0.15, -0.1) is 0 Å². The van der Waals surface area contributed by atoms with Crippen molar-refractivity contribution in [2.45, 2.75) is 18.2 Å². The zero-order valence-corrected chi connectivity index (χ0v) is 13.9. The van der Waals surface area contributed by atoms with Crippen molar-refractivity contribution in [3.8, 4) is 0 Å². The maximum atomic E-state index is 12.3. The minimum atomic E-state index is -3.55. The summed E-state index contributed by atoms with van der Waals surface area (Å²) >= 11 is 3.27. The average Bonchev–Trinajstić information content (AvgIpc) is 2.87. The van der Waals surface area contributed by atoms with Crippen molar-refractivity contribution in [2.24, 2.45) is 5.92 Å². The van der Waals surface area contributed by atoms with Crippen molar-refractivity contribution >= 4 is 31.6 Å². The lowest BCUT2D eigenvalue weighted by atomic mass is 10.1. The first-order valence-corrected chi connectivity index (χ1v) is 8.97. The number of likely N-dealkylation sites (tertiary alicyclic amines) is 1. The third-order valence-electron chi connectivity index (χ3n) is 3.64. The molecule has 7 heteroatoms. The lowest BCUT2D eigenvalue weighted by Crippen LogP contribution is -2.31. The number of rotatable bonds is 5. The van der Waals surface area contributed by atoms with E-state index in [1.54, 1.807) is 12.1 Å². The maximum Gasteiger partial charge on any atom is 0.242 e. The summed E-state index contributed by atoms with van der Waals surface area (Å²) in [6, 6.07) is 4.85. The molecule has 0 spiro atoms. The number of nitrogens with two attached hydrogens (primary N) is 1. The predicted molar refractivity (Wildman–Crippen MR) is 84.0 cm³/mol. The molecular formula is C13H20BrN3O2S. The fraction of sp³-hybridized carbons (Fsp3) is 0.538. The number of sulfonamides is 1. The van der Waals surface area contributed by atoms with Crippen LogP contribution in [-0.4, -0.2) is 39.5 Å². The van der Waals surface area contributed by atoms with E-state index in [1.807, 2.05) is 0 Å². The van der Waals surface area contributed by atoms with Gasteiger partial charge in [-0.3, -0.25) is 0 Å². The van der Waals surface area contributed by atoms with Gasteiger partial charge in [0.2, 0.25) is 10.0 Å². The van der Waals surface area contributed by atoms with Gasteiger partial charge >= 0.3 is 0 Å². The van der Waals surface area contributed by atoms with E-state index in [4.69, 9.17) is 5.73 Å². The maximum absolute atomic E-state index is 12.3. The highest BCUT2D eigenvalue weighted by molar-refractivity contribution is 9.10. The van der Waals surface area contributed by atoms with Crippen LogP contribution in [-0.2, 0) is 10.0 Å². The molecule has 0 aliphatic carbocycles. The Morgan fingerprint density at radius 3 is 2.90 bits per heavy atom. The summed E-state index contributed by atoms with van der Waals surface area (Å²) in [7, 11) is -3.55. The van der Waals surface area contributed by atoms with Crippen LogP contribution in [0.15, 0.2) is 27.6 Å². The zero-order chi connectivity index (χ0) is 14.8. The molecule has 1 saturated heterocycles. The van der Waals surface area contributed by atoms with Crippen LogP contribution in [0.3, 0.4) is 0 Å². The molecule has 0 aromatic heterocycles.